The Morgan fingerprint density at radius 1 is 1.20 bits per heavy atom. The molecule has 1 N–H and O–H groups in total. The number of nitrogens with zero attached hydrogens (tertiary/aromatic N) is 1. The Labute approximate surface area is 121 Å². The number of ether oxygens (including phenoxy) is 1. The molecule has 0 bridgehead atoms. The van der Waals surface area contributed by atoms with Gasteiger partial charge in [0, 0.05) is 37.8 Å². The summed E-state index contributed by atoms with van der Waals surface area (Å²) in [4.78, 5) is 2.44. The Hall–Kier alpha value is -1.32. The molecule has 1 aromatic rings. The van der Waals surface area contributed by atoms with Gasteiger partial charge in [0.1, 0.15) is 12.4 Å². The molecule has 1 aliphatic carbocycles. The number of hydrogen-bond donors (Lipinski definition) is 1. The summed E-state index contributed by atoms with van der Waals surface area (Å²) in [6.07, 6.45) is 8.33. The molecule has 1 heterocycles. The predicted octanol–water partition coefficient (Wildman–Crippen LogP) is 2.58. The van der Waals surface area contributed by atoms with Crippen LogP contribution in [-0.2, 0) is 6.54 Å². The van der Waals surface area contributed by atoms with E-state index in [1.807, 2.05) is 0 Å². The van der Waals surface area contributed by atoms with Crippen molar-refractivity contribution in [2.75, 3.05) is 26.2 Å². The van der Waals surface area contributed by atoms with Gasteiger partial charge in [-0.2, -0.15) is 0 Å². The van der Waals surface area contributed by atoms with Gasteiger partial charge in [-0.3, -0.25) is 4.90 Å². The van der Waals surface area contributed by atoms with Gasteiger partial charge < -0.3 is 10.1 Å². The summed E-state index contributed by atoms with van der Waals surface area (Å²) in [6.45, 7) is 4.93. The van der Waals surface area contributed by atoms with Gasteiger partial charge >= 0.3 is 0 Å². The van der Waals surface area contributed by atoms with Crippen LogP contribution in [0, 0.1) is 0 Å². The van der Waals surface area contributed by atoms with Crippen molar-refractivity contribution in [3.8, 4) is 5.75 Å². The van der Waals surface area contributed by atoms with E-state index in [-0.39, 0.29) is 0 Å². The second kappa shape index (κ2) is 6.91. The molecular formula is C17H24N2O. The van der Waals surface area contributed by atoms with Crippen molar-refractivity contribution >= 4 is 0 Å². The SMILES string of the molecule is C1=CCN(CCOc2ccccc2CNC2CC2)CC1. The molecule has 108 valence electrons. The minimum absolute atomic E-state index is 0.739. The summed E-state index contributed by atoms with van der Waals surface area (Å²) in [5.74, 6) is 1.04. The van der Waals surface area contributed by atoms with E-state index in [1.165, 1.54) is 24.8 Å². The molecule has 3 rings (SSSR count). The van der Waals surface area contributed by atoms with Gasteiger partial charge in [-0.15, -0.1) is 0 Å². The van der Waals surface area contributed by atoms with Crippen LogP contribution in [0.1, 0.15) is 24.8 Å². The molecule has 1 aromatic carbocycles. The van der Waals surface area contributed by atoms with Crippen LogP contribution in [0.3, 0.4) is 0 Å². The zero-order chi connectivity index (χ0) is 13.6. The van der Waals surface area contributed by atoms with Crippen molar-refractivity contribution in [3.05, 3.63) is 42.0 Å². The Bertz CT molecular complexity index is 454. The van der Waals surface area contributed by atoms with E-state index in [2.05, 4.69) is 46.6 Å². The first-order valence-corrected chi connectivity index (χ1v) is 7.73. The van der Waals surface area contributed by atoms with Crippen LogP contribution < -0.4 is 10.1 Å². The summed E-state index contributed by atoms with van der Waals surface area (Å²) < 4.78 is 5.99. The molecular weight excluding hydrogens is 248 g/mol. The van der Waals surface area contributed by atoms with Crippen LogP contribution in [0.4, 0.5) is 0 Å². The molecule has 3 heteroatoms. The van der Waals surface area contributed by atoms with Crippen molar-refractivity contribution in [3.63, 3.8) is 0 Å². The molecule has 0 spiro atoms. The maximum absolute atomic E-state index is 5.99. The van der Waals surface area contributed by atoms with E-state index in [9.17, 15) is 0 Å². The van der Waals surface area contributed by atoms with E-state index in [4.69, 9.17) is 4.74 Å². The Balaban J connectivity index is 1.46. The predicted molar refractivity (Wildman–Crippen MR) is 82.0 cm³/mol. The molecule has 0 aromatic heterocycles. The minimum Gasteiger partial charge on any atom is -0.492 e. The Morgan fingerprint density at radius 2 is 2.10 bits per heavy atom. The summed E-state index contributed by atoms with van der Waals surface area (Å²) in [5.41, 5.74) is 1.28. The lowest BCUT2D eigenvalue weighted by Gasteiger charge is -2.23. The average Bonchev–Trinajstić information content (AvgIpc) is 3.32. The van der Waals surface area contributed by atoms with Crippen LogP contribution in [0.15, 0.2) is 36.4 Å². The number of rotatable bonds is 7. The van der Waals surface area contributed by atoms with Crippen molar-refractivity contribution < 1.29 is 4.74 Å². The summed E-state index contributed by atoms with van der Waals surface area (Å²) >= 11 is 0. The van der Waals surface area contributed by atoms with Crippen molar-refractivity contribution in [1.82, 2.24) is 10.2 Å². The first kappa shape index (κ1) is 13.7. The van der Waals surface area contributed by atoms with Gasteiger partial charge in [0.15, 0.2) is 0 Å². The molecule has 20 heavy (non-hydrogen) atoms. The summed E-state index contributed by atoms with van der Waals surface area (Å²) in [5, 5.41) is 3.55. The summed E-state index contributed by atoms with van der Waals surface area (Å²) in [6, 6.07) is 9.13. The number of nitrogens with one attached hydrogen (secondary N) is 1. The smallest absolute Gasteiger partial charge is 0.123 e. The van der Waals surface area contributed by atoms with Crippen LogP contribution >= 0.6 is 0 Å². The molecule has 1 saturated carbocycles. The minimum atomic E-state index is 0.739. The van der Waals surface area contributed by atoms with Gasteiger partial charge in [0.25, 0.3) is 0 Å². The van der Waals surface area contributed by atoms with Crippen LogP contribution in [0.25, 0.3) is 0 Å². The first-order valence-electron chi connectivity index (χ1n) is 7.73. The fraction of sp³-hybridized carbons (Fsp3) is 0.529. The van der Waals surface area contributed by atoms with Crippen LogP contribution in [0.2, 0.25) is 0 Å². The number of benzene rings is 1. The quantitative estimate of drug-likeness (QED) is 0.772. The molecule has 1 fully saturated rings. The highest BCUT2D eigenvalue weighted by atomic mass is 16.5. The molecule has 0 radical (unpaired) electrons. The molecule has 0 amide bonds. The highest BCUT2D eigenvalue weighted by Crippen LogP contribution is 2.22. The largest absolute Gasteiger partial charge is 0.492 e. The monoisotopic (exact) mass is 272 g/mol. The lowest BCUT2D eigenvalue weighted by atomic mass is 10.2. The maximum Gasteiger partial charge on any atom is 0.123 e. The van der Waals surface area contributed by atoms with Gasteiger partial charge in [-0.05, 0) is 25.3 Å². The highest BCUT2D eigenvalue weighted by molar-refractivity contribution is 5.33. The number of hydrogen-bond acceptors (Lipinski definition) is 3. The molecule has 0 unspecified atom stereocenters. The van der Waals surface area contributed by atoms with E-state index in [0.717, 1.165) is 44.6 Å². The Kier molecular flexibility index (Phi) is 4.72. The second-order valence-corrected chi connectivity index (χ2v) is 5.67. The second-order valence-electron chi connectivity index (χ2n) is 5.67. The molecule has 0 saturated heterocycles. The fourth-order valence-corrected chi connectivity index (χ4v) is 2.51. The standard InChI is InChI=1S/C17H24N2O/c1-4-10-19(11-5-1)12-13-20-17-7-3-2-6-15(17)14-18-16-8-9-16/h1-4,6-7,16,18H,5,8-14H2. The van der Waals surface area contributed by atoms with E-state index >= 15 is 0 Å². The van der Waals surface area contributed by atoms with Crippen molar-refractivity contribution in [1.29, 1.82) is 0 Å². The third-order valence-electron chi connectivity index (χ3n) is 3.94. The van der Waals surface area contributed by atoms with E-state index < -0.39 is 0 Å². The molecule has 0 atom stereocenters. The van der Waals surface area contributed by atoms with Crippen molar-refractivity contribution in [2.45, 2.75) is 31.8 Å². The molecule has 2 aliphatic rings. The normalized spacial score (nSPS) is 19.2. The van der Waals surface area contributed by atoms with Gasteiger partial charge in [0.05, 0.1) is 0 Å². The highest BCUT2D eigenvalue weighted by Gasteiger charge is 2.20. The maximum atomic E-state index is 5.99. The van der Waals surface area contributed by atoms with Crippen LogP contribution in [-0.4, -0.2) is 37.2 Å². The van der Waals surface area contributed by atoms with Gasteiger partial charge in [-0.25, -0.2) is 0 Å². The molecule has 3 nitrogen and oxygen atoms in total. The zero-order valence-electron chi connectivity index (χ0n) is 12.1. The Morgan fingerprint density at radius 3 is 2.90 bits per heavy atom. The van der Waals surface area contributed by atoms with Crippen molar-refractivity contribution in [2.24, 2.45) is 0 Å². The van der Waals surface area contributed by atoms with Gasteiger partial charge in [-0.1, -0.05) is 30.4 Å². The lowest BCUT2D eigenvalue weighted by molar-refractivity contribution is 0.219. The van der Waals surface area contributed by atoms with Gasteiger partial charge in [0.2, 0.25) is 0 Å². The third-order valence-corrected chi connectivity index (χ3v) is 3.94. The zero-order valence-corrected chi connectivity index (χ0v) is 12.1. The van der Waals surface area contributed by atoms with E-state index in [1.54, 1.807) is 0 Å². The third kappa shape index (κ3) is 4.09. The average molecular weight is 272 g/mol. The van der Waals surface area contributed by atoms with Crippen LogP contribution in [0.5, 0.6) is 5.75 Å². The molecule has 1 aliphatic heterocycles. The van der Waals surface area contributed by atoms with E-state index in [0.29, 0.717) is 0 Å². The summed E-state index contributed by atoms with van der Waals surface area (Å²) in [7, 11) is 0. The number of para-hydroxylation sites is 1. The topological polar surface area (TPSA) is 24.5 Å². The lowest BCUT2D eigenvalue weighted by Crippen LogP contribution is -2.31. The fourth-order valence-electron chi connectivity index (χ4n) is 2.51. The first-order chi connectivity index (χ1) is 9.92.